The van der Waals surface area contributed by atoms with E-state index in [1.807, 2.05) is 0 Å². The van der Waals surface area contributed by atoms with E-state index in [1.54, 1.807) is 0 Å². The average Bonchev–Trinajstić information content (AvgIpc) is 2.34. The van der Waals surface area contributed by atoms with E-state index >= 15 is 0 Å². The number of halogens is 2. The minimum atomic E-state index is -1.07. The van der Waals surface area contributed by atoms with Crippen molar-refractivity contribution in [2.45, 2.75) is 0 Å². The normalized spacial score (nSPS) is 10.1. The lowest BCUT2D eigenvalue weighted by Crippen LogP contribution is -2.13. The summed E-state index contributed by atoms with van der Waals surface area (Å²) in [4.78, 5) is 15.4. The van der Waals surface area contributed by atoms with Gasteiger partial charge in [-0.1, -0.05) is 0 Å². The molecule has 0 saturated carbocycles. The van der Waals surface area contributed by atoms with Gasteiger partial charge in [0, 0.05) is 18.0 Å². The Hall–Kier alpha value is -2.50. The van der Waals surface area contributed by atoms with Crippen LogP contribution in [0.15, 0.2) is 36.5 Å². The molecule has 2 aromatic rings. The third-order valence-corrected chi connectivity index (χ3v) is 2.18. The van der Waals surface area contributed by atoms with Gasteiger partial charge in [0.05, 0.1) is 0 Å². The maximum atomic E-state index is 12.9. The van der Waals surface area contributed by atoms with Crippen LogP contribution in [0.2, 0.25) is 0 Å². The van der Waals surface area contributed by atoms with Gasteiger partial charge in [0.25, 0.3) is 5.91 Å². The number of carbonyl (C=O) groups excluding carboxylic acids is 1. The second-order valence-electron chi connectivity index (χ2n) is 3.45. The molecule has 0 aliphatic rings. The highest BCUT2D eigenvalue weighted by atomic mass is 19.2. The Kier molecular flexibility index (Phi) is 3.18. The molecule has 0 unspecified atom stereocenters. The van der Waals surface area contributed by atoms with Crippen molar-refractivity contribution in [1.82, 2.24) is 4.98 Å². The number of anilines is 1. The van der Waals surface area contributed by atoms with Crippen molar-refractivity contribution < 1.29 is 18.7 Å². The van der Waals surface area contributed by atoms with Gasteiger partial charge in [-0.15, -0.1) is 0 Å². The van der Waals surface area contributed by atoms with Crippen molar-refractivity contribution in [2.75, 3.05) is 5.32 Å². The van der Waals surface area contributed by atoms with Gasteiger partial charge in [-0.3, -0.25) is 4.79 Å². The van der Waals surface area contributed by atoms with E-state index in [0.717, 1.165) is 12.1 Å². The summed E-state index contributed by atoms with van der Waals surface area (Å²) in [6, 6.07) is 5.70. The molecule has 0 spiro atoms. The molecule has 2 rings (SSSR count). The molecule has 1 amide bonds. The van der Waals surface area contributed by atoms with E-state index in [4.69, 9.17) is 0 Å². The topological polar surface area (TPSA) is 62.2 Å². The summed E-state index contributed by atoms with van der Waals surface area (Å²) in [5, 5.41) is 11.7. The minimum absolute atomic E-state index is 0.0731. The molecule has 1 aromatic carbocycles. The maximum Gasteiger partial charge on any atom is 0.278 e. The first kappa shape index (κ1) is 12.0. The first-order chi connectivity index (χ1) is 8.58. The van der Waals surface area contributed by atoms with Crippen LogP contribution in [0.1, 0.15) is 10.5 Å². The number of pyridine rings is 1. The molecular formula is C12H8F2N2O2. The quantitative estimate of drug-likeness (QED) is 0.859. The second-order valence-corrected chi connectivity index (χ2v) is 3.45. The molecule has 6 heteroatoms. The summed E-state index contributed by atoms with van der Waals surface area (Å²) in [6.45, 7) is 0. The highest BCUT2D eigenvalue weighted by molar-refractivity contribution is 6.04. The van der Waals surface area contributed by atoms with Gasteiger partial charge < -0.3 is 10.4 Å². The summed E-state index contributed by atoms with van der Waals surface area (Å²) in [7, 11) is 0. The lowest BCUT2D eigenvalue weighted by atomic mass is 10.2. The summed E-state index contributed by atoms with van der Waals surface area (Å²) >= 11 is 0. The lowest BCUT2D eigenvalue weighted by molar-refractivity contribution is 0.101. The van der Waals surface area contributed by atoms with E-state index in [9.17, 15) is 18.7 Å². The van der Waals surface area contributed by atoms with Crippen LogP contribution in [-0.2, 0) is 0 Å². The Balaban J connectivity index is 2.22. The molecule has 0 atom stereocenters. The molecule has 18 heavy (non-hydrogen) atoms. The Labute approximate surface area is 101 Å². The summed E-state index contributed by atoms with van der Waals surface area (Å²) in [5.41, 5.74) is -0.119. The van der Waals surface area contributed by atoms with Gasteiger partial charge in [-0.05, 0) is 24.3 Å². The standard InChI is InChI=1S/C12H8F2N2O2/c13-8-4-3-7(6-9(8)14)16-12(18)11-10(17)2-1-5-15-11/h1-6,17H,(H,16,18). The summed E-state index contributed by atoms with van der Waals surface area (Å²) in [5.74, 6) is -3.08. The van der Waals surface area contributed by atoms with Gasteiger partial charge in [0.1, 0.15) is 5.75 Å². The Morgan fingerprint density at radius 3 is 2.67 bits per heavy atom. The van der Waals surface area contributed by atoms with E-state index in [2.05, 4.69) is 10.3 Å². The first-order valence-electron chi connectivity index (χ1n) is 4.98. The number of nitrogens with zero attached hydrogens (tertiary/aromatic N) is 1. The van der Waals surface area contributed by atoms with E-state index in [1.165, 1.54) is 24.4 Å². The molecule has 0 saturated heterocycles. The SMILES string of the molecule is O=C(Nc1ccc(F)c(F)c1)c1ncccc1O. The number of aromatic nitrogens is 1. The van der Waals surface area contributed by atoms with Gasteiger partial charge in [0.2, 0.25) is 0 Å². The monoisotopic (exact) mass is 250 g/mol. The number of carbonyl (C=O) groups is 1. The largest absolute Gasteiger partial charge is 0.505 e. The van der Waals surface area contributed by atoms with E-state index < -0.39 is 17.5 Å². The highest BCUT2D eigenvalue weighted by Gasteiger charge is 2.13. The highest BCUT2D eigenvalue weighted by Crippen LogP contribution is 2.17. The molecule has 0 radical (unpaired) electrons. The van der Waals surface area contributed by atoms with Gasteiger partial charge in [-0.2, -0.15) is 0 Å². The van der Waals surface area contributed by atoms with Crippen LogP contribution in [0.25, 0.3) is 0 Å². The number of aromatic hydroxyl groups is 1. The molecule has 1 heterocycles. The zero-order chi connectivity index (χ0) is 13.1. The van der Waals surface area contributed by atoms with Crippen LogP contribution >= 0.6 is 0 Å². The van der Waals surface area contributed by atoms with Crippen LogP contribution in [-0.4, -0.2) is 16.0 Å². The number of nitrogens with one attached hydrogen (secondary N) is 1. The predicted molar refractivity (Wildman–Crippen MR) is 60.2 cm³/mol. The van der Waals surface area contributed by atoms with Gasteiger partial charge in [0.15, 0.2) is 17.3 Å². The average molecular weight is 250 g/mol. The third-order valence-electron chi connectivity index (χ3n) is 2.18. The molecular weight excluding hydrogens is 242 g/mol. The first-order valence-corrected chi connectivity index (χ1v) is 4.98. The predicted octanol–water partition coefficient (Wildman–Crippen LogP) is 2.32. The molecule has 1 aromatic heterocycles. The van der Waals surface area contributed by atoms with Crippen LogP contribution < -0.4 is 5.32 Å². The van der Waals surface area contributed by atoms with Crippen LogP contribution in [0, 0.1) is 11.6 Å². The fourth-order valence-electron chi connectivity index (χ4n) is 1.34. The van der Waals surface area contributed by atoms with Gasteiger partial charge in [-0.25, -0.2) is 13.8 Å². The van der Waals surface area contributed by atoms with Gasteiger partial charge >= 0.3 is 0 Å². The molecule has 0 aliphatic carbocycles. The number of benzene rings is 1. The van der Waals surface area contributed by atoms with Crippen molar-refractivity contribution in [3.8, 4) is 5.75 Å². The zero-order valence-corrected chi connectivity index (χ0v) is 9.02. The van der Waals surface area contributed by atoms with Crippen molar-refractivity contribution in [1.29, 1.82) is 0 Å². The van der Waals surface area contributed by atoms with E-state index in [0.29, 0.717) is 0 Å². The van der Waals surface area contributed by atoms with Crippen LogP contribution in [0.5, 0.6) is 5.75 Å². The smallest absolute Gasteiger partial charge is 0.278 e. The fraction of sp³-hybridized carbons (Fsp3) is 0. The summed E-state index contributed by atoms with van der Waals surface area (Å²) < 4.78 is 25.6. The van der Waals surface area contributed by atoms with E-state index in [-0.39, 0.29) is 17.1 Å². The lowest BCUT2D eigenvalue weighted by Gasteiger charge is -2.06. The Bertz CT molecular complexity index is 602. The van der Waals surface area contributed by atoms with Crippen LogP contribution in [0.3, 0.4) is 0 Å². The molecule has 4 nitrogen and oxygen atoms in total. The number of amides is 1. The summed E-state index contributed by atoms with van der Waals surface area (Å²) in [6.07, 6.45) is 1.33. The Morgan fingerprint density at radius 1 is 1.22 bits per heavy atom. The molecule has 2 N–H and O–H groups in total. The van der Waals surface area contributed by atoms with Crippen molar-refractivity contribution in [2.24, 2.45) is 0 Å². The fourth-order valence-corrected chi connectivity index (χ4v) is 1.34. The Morgan fingerprint density at radius 2 is 2.00 bits per heavy atom. The molecule has 0 aliphatic heterocycles. The molecule has 92 valence electrons. The number of hydrogen-bond donors (Lipinski definition) is 2. The second kappa shape index (κ2) is 4.79. The van der Waals surface area contributed by atoms with Crippen molar-refractivity contribution >= 4 is 11.6 Å². The maximum absolute atomic E-state index is 12.9. The zero-order valence-electron chi connectivity index (χ0n) is 9.02. The number of rotatable bonds is 2. The van der Waals surface area contributed by atoms with Crippen molar-refractivity contribution in [3.63, 3.8) is 0 Å². The minimum Gasteiger partial charge on any atom is -0.505 e. The van der Waals surface area contributed by atoms with Crippen LogP contribution in [0.4, 0.5) is 14.5 Å². The number of hydrogen-bond acceptors (Lipinski definition) is 3. The molecule has 0 fully saturated rings. The van der Waals surface area contributed by atoms with Crippen molar-refractivity contribution in [3.05, 3.63) is 53.9 Å². The molecule has 0 bridgehead atoms. The third kappa shape index (κ3) is 2.42.